The molecular weight excluding hydrogens is 298 g/mol. The molecule has 1 N–H and O–H groups in total. The molecule has 2 nitrogen and oxygen atoms in total. The summed E-state index contributed by atoms with van der Waals surface area (Å²) in [6.45, 7) is 2.86. The van der Waals surface area contributed by atoms with E-state index in [-0.39, 0.29) is 11.2 Å². The molecular formula is C13H16BrNOS. The van der Waals surface area contributed by atoms with Crippen LogP contribution in [-0.4, -0.2) is 23.0 Å². The van der Waals surface area contributed by atoms with Gasteiger partial charge in [0.1, 0.15) is 0 Å². The molecule has 0 spiro atoms. The molecule has 1 aliphatic heterocycles. The van der Waals surface area contributed by atoms with Crippen molar-refractivity contribution >= 4 is 33.6 Å². The number of nitrogens with one attached hydrogen (secondary N) is 1. The van der Waals surface area contributed by atoms with Crippen molar-refractivity contribution in [1.82, 2.24) is 5.32 Å². The fourth-order valence-corrected chi connectivity index (χ4v) is 3.22. The van der Waals surface area contributed by atoms with Crippen molar-refractivity contribution in [2.45, 2.75) is 23.5 Å². The number of rotatable bonds is 4. The van der Waals surface area contributed by atoms with Gasteiger partial charge in [-0.05, 0) is 24.0 Å². The molecule has 2 atom stereocenters. The first-order valence-corrected chi connectivity index (χ1v) is 7.79. The van der Waals surface area contributed by atoms with E-state index in [1.807, 2.05) is 12.1 Å². The number of hydrogen-bond acceptors (Lipinski definition) is 2. The number of alkyl halides is 1. The van der Waals surface area contributed by atoms with Crippen LogP contribution in [0.1, 0.15) is 12.5 Å². The second kappa shape index (κ2) is 5.91. The number of halogens is 1. The molecule has 2 unspecified atom stereocenters. The van der Waals surface area contributed by atoms with Crippen LogP contribution in [0, 0.1) is 5.92 Å². The van der Waals surface area contributed by atoms with Gasteiger partial charge in [-0.25, -0.2) is 0 Å². The lowest BCUT2D eigenvalue weighted by molar-refractivity contribution is -0.120. The summed E-state index contributed by atoms with van der Waals surface area (Å²) in [5, 5.41) is 3.99. The molecule has 0 saturated heterocycles. The molecule has 1 aromatic carbocycles. The van der Waals surface area contributed by atoms with Crippen molar-refractivity contribution in [2.24, 2.45) is 5.92 Å². The Balaban J connectivity index is 1.88. The number of benzene rings is 1. The maximum absolute atomic E-state index is 12.0. The Hall–Kier alpha value is -0.480. The minimum absolute atomic E-state index is 0.0509. The highest BCUT2D eigenvalue weighted by Gasteiger charge is 2.27. The number of amides is 1. The van der Waals surface area contributed by atoms with Crippen LogP contribution < -0.4 is 5.32 Å². The summed E-state index contributed by atoms with van der Waals surface area (Å²) in [5.74, 6) is 0.645. The summed E-state index contributed by atoms with van der Waals surface area (Å²) in [4.78, 5) is 13.2. The van der Waals surface area contributed by atoms with Gasteiger partial charge in [-0.15, -0.1) is 11.8 Å². The fraction of sp³-hybridized carbons (Fsp3) is 0.462. The standard InChI is InChI=1S/C13H16BrNOS/c1-9(7-14)8-15-13(16)12-6-10-4-2-3-5-11(10)17-12/h2-5,9,12H,6-8H2,1H3,(H,15,16). The second-order valence-electron chi connectivity index (χ2n) is 4.42. The zero-order valence-electron chi connectivity index (χ0n) is 9.78. The van der Waals surface area contributed by atoms with E-state index in [9.17, 15) is 4.79 Å². The quantitative estimate of drug-likeness (QED) is 0.866. The first kappa shape index (κ1) is 13.0. The van der Waals surface area contributed by atoms with Gasteiger partial charge in [-0.1, -0.05) is 41.1 Å². The van der Waals surface area contributed by atoms with Crippen LogP contribution in [-0.2, 0) is 11.2 Å². The summed E-state index contributed by atoms with van der Waals surface area (Å²) >= 11 is 5.09. The molecule has 4 heteroatoms. The normalized spacial score (nSPS) is 19.8. The van der Waals surface area contributed by atoms with Crippen molar-refractivity contribution in [3.8, 4) is 0 Å². The van der Waals surface area contributed by atoms with Gasteiger partial charge < -0.3 is 5.32 Å². The third kappa shape index (κ3) is 3.26. The zero-order chi connectivity index (χ0) is 12.3. The minimum atomic E-state index is 0.0509. The van der Waals surface area contributed by atoms with Gasteiger partial charge in [-0.2, -0.15) is 0 Å². The molecule has 0 radical (unpaired) electrons. The van der Waals surface area contributed by atoms with Gasteiger partial charge in [0.15, 0.2) is 0 Å². The first-order chi connectivity index (χ1) is 8.20. The molecule has 0 aliphatic carbocycles. The van der Waals surface area contributed by atoms with Crippen molar-refractivity contribution < 1.29 is 4.79 Å². The predicted molar refractivity (Wildman–Crippen MR) is 75.8 cm³/mol. The van der Waals surface area contributed by atoms with Crippen LogP contribution in [0.3, 0.4) is 0 Å². The molecule has 1 aromatic rings. The lowest BCUT2D eigenvalue weighted by Crippen LogP contribution is -2.35. The molecule has 1 heterocycles. The molecule has 2 rings (SSSR count). The van der Waals surface area contributed by atoms with E-state index < -0.39 is 0 Å². The fourth-order valence-electron chi connectivity index (χ4n) is 1.77. The molecule has 1 amide bonds. The van der Waals surface area contributed by atoms with E-state index in [1.165, 1.54) is 10.5 Å². The maximum atomic E-state index is 12.0. The predicted octanol–water partition coefficient (Wildman–Crippen LogP) is 2.85. The summed E-state index contributed by atoms with van der Waals surface area (Å²) in [5.41, 5.74) is 1.30. The highest BCUT2D eigenvalue weighted by molar-refractivity contribution is 9.09. The number of fused-ring (bicyclic) bond motifs is 1. The molecule has 0 fully saturated rings. The summed E-state index contributed by atoms with van der Waals surface area (Å²) in [7, 11) is 0. The number of thioether (sulfide) groups is 1. The SMILES string of the molecule is CC(CBr)CNC(=O)C1Cc2ccccc2S1. The number of carbonyl (C=O) groups is 1. The van der Waals surface area contributed by atoms with E-state index in [0.717, 1.165) is 18.3 Å². The Morgan fingerprint density at radius 1 is 1.59 bits per heavy atom. The van der Waals surface area contributed by atoms with Crippen LogP contribution in [0.5, 0.6) is 0 Å². The Morgan fingerprint density at radius 2 is 2.35 bits per heavy atom. The van der Waals surface area contributed by atoms with E-state index in [1.54, 1.807) is 11.8 Å². The van der Waals surface area contributed by atoms with E-state index in [2.05, 4.69) is 40.3 Å². The van der Waals surface area contributed by atoms with Crippen molar-refractivity contribution in [3.63, 3.8) is 0 Å². The van der Waals surface area contributed by atoms with Gasteiger partial charge in [0, 0.05) is 16.8 Å². The maximum Gasteiger partial charge on any atom is 0.233 e. The second-order valence-corrected chi connectivity index (χ2v) is 6.32. The van der Waals surface area contributed by atoms with Gasteiger partial charge in [0.2, 0.25) is 5.91 Å². The summed E-state index contributed by atoms with van der Waals surface area (Å²) < 4.78 is 0. The highest BCUT2D eigenvalue weighted by Crippen LogP contribution is 2.36. The zero-order valence-corrected chi connectivity index (χ0v) is 12.2. The lowest BCUT2D eigenvalue weighted by Gasteiger charge is -2.12. The van der Waals surface area contributed by atoms with Crippen LogP contribution >= 0.6 is 27.7 Å². The minimum Gasteiger partial charge on any atom is -0.355 e. The topological polar surface area (TPSA) is 29.1 Å². The Bertz CT molecular complexity index is 385. The smallest absolute Gasteiger partial charge is 0.233 e. The molecule has 1 aliphatic rings. The third-order valence-corrected chi connectivity index (χ3v) is 5.25. The van der Waals surface area contributed by atoms with E-state index in [4.69, 9.17) is 0 Å². The molecule has 17 heavy (non-hydrogen) atoms. The van der Waals surface area contributed by atoms with Crippen LogP contribution in [0.25, 0.3) is 0 Å². The molecule has 92 valence electrons. The number of carbonyl (C=O) groups excluding carboxylic acids is 1. The van der Waals surface area contributed by atoms with E-state index in [0.29, 0.717) is 5.92 Å². The number of hydrogen-bond donors (Lipinski definition) is 1. The van der Waals surface area contributed by atoms with Gasteiger partial charge >= 0.3 is 0 Å². The Labute approximate surface area is 115 Å². The molecule has 0 aromatic heterocycles. The van der Waals surface area contributed by atoms with E-state index >= 15 is 0 Å². The van der Waals surface area contributed by atoms with Crippen molar-refractivity contribution in [2.75, 3.05) is 11.9 Å². The van der Waals surface area contributed by atoms with Gasteiger partial charge in [0.05, 0.1) is 5.25 Å². The largest absolute Gasteiger partial charge is 0.355 e. The average molecular weight is 314 g/mol. The van der Waals surface area contributed by atoms with Gasteiger partial charge in [0.25, 0.3) is 0 Å². The molecule has 0 bridgehead atoms. The highest BCUT2D eigenvalue weighted by atomic mass is 79.9. The Morgan fingerprint density at radius 3 is 3.06 bits per heavy atom. The van der Waals surface area contributed by atoms with Crippen LogP contribution in [0.2, 0.25) is 0 Å². The molecule has 0 saturated carbocycles. The first-order valence-electron chi connectivity index (χ1n) is 5.79. The summed E-state index contributed by atoms with van der Waals surface area (Å²) in [6, 6.07) is 8.26. The average Bonchev–Trinajstić information content (AvgIpc) is 2.79. The monoisotopic (exact) mass is 313 g/mol. The van der Waals surface area contributed by atoms with Gasteiger partial charge in [-0.3, -0.25) is 4.79 Å². The van der Waals surface area contributed by atoms with Crippen LogP contribution in [0.15, 0.2) is 29.2 Å². The Kier molecular flexibility index (Phi) is 4.51. The van der Waals surface area contributed by atoms with Crippen molar-refractivity contribution in [1.29, 1.82) is 0 Å². The summed E-state index contributed by atoms with van der Waals surface area (Å²) in [6.07, 6.45) is 0.857. The van der Waals surface area contributed by atoms with Crippen molar-refractivity contribution in [3.05, 3.63) is 29.8 Å². The van der Waals surface area contributed by atoms with Crippen LogP contribution in [0.4, 0.5) is 0 Å². The lowest BCUT2D eigenvalue weighted by atomic mass is 10.1. The third-order valence-electron chi connectivity index (χ3n) is 2.83.